The smallest absolute Gasteiger partial charge is 0.258 e. The number of nitrogens with one attached hydrogen (secondary N) is 1. The van der Waals surface area contributed by atoms with Gasteiger partial charge in [-0.3, -0.25) is 9.59 Å². The number of anilines is 2. The Morgan fingerprint density at radius 2 is 1.59 bits per heavy atom. The van der Waals surface area contributed by atoms with Crippen LogP contribution in [0.3, 0.4) is 0 Å². The van der Waals surface area contributed by atoms with E-state index in [9.17, 15) is 9.59 Å². The summed E-state index contributed by atoms with van der Waals surface area (Å²) < 4.78 is 2.17. The Bertz CT molecular complexity index is 1340. The number of carbonyl (C=O) groups excluding carboxylic acids is 2. The zero-order valence-corrected chi connectivity index (χ0v) is 19.4. The molecule has 0 aliphatic carbocycles. The lowest BCUT2D eigenvalue weighted by Crippen LogP contribution is -2.40. The molecule has 1 unspecified atom stereocenters. The molecule has 34 heavy (non-hydrogen) atoms. The first kappa shape index (κ1) is 21.7. The molecule has 0 bridgehead atoms. The van der Waals surface area contributed by atoms with E-state index in [2.05, 4.69) is 28.3 Å². The molecule has 0 saturated carbocycles. The minimum absolute atomic E-state index is 0.0447. The summed E-state index contributed by atoms with van der Waals surface area (Å²) >= 11 is 0. The normalized spacial score (nSPS) is 15.0. The predicted molar refractivity (Wildman–Crippen MR) is 136 cm³/mol. The summed E-state index contributed by atoms with van der Waals surface area (Å²) in [5.41, 5.74) is 6.07. The highest BCUT2D eigenvalue weighted by Crippen LogP contribution is 2.33. The highest BCUT2D eigenvalue weighted by Gasteiger charge is 2.29. The highest BCUT2D eigenvalue weighted by molar-refractivity contribution is 6.08. The molecule has 3 aromatic carbocycles. The number of hydrogen-bond acceptors (Lipinski definition) is 2. The van der Waals surface area contributed by atoms with Crippen molar-refractivity contribution in [2.24, 2.45) is 0 Å². The van der Waals surface area contributed by atoms with Crippen LogP contribution in [0.15, 0.2) is 91.3 Å². The van der Waals surface area contributed by atoms with E-state index < -0.39 is 0 Å². The molecule has 1 aliphatic heterocycles. The number of aromatic nitrogens is 1. The molecule has 1 aliphatic rings. The zero-order chi connectivity index (χ0) is 23.7. The quantitative estimate of drug-likeness (QED) is 0.428. The van der Waals surface area contributed by atoms with Crippen LogP contribution in [0.5, 0.6) is 0 Å². The van der Waals surface area contributed by atoms with Gasteiger partial charge in [0.05, 0.1) is 6.04 Å². The van der Waals surface area contributed by atoms with E-state index in [-0.39, 0.29) is 17.9 Å². The second-order valence-electron chi connectivity index (χ2n) is 8.81. The van der Waals surface area contributed by atoms with Crippen molar-refractivity contribution in [1.29, 1.82) is 0 Å². The van der Waals surface area contributed by atoms with Crippen LogP contribution in [0.4, 0.5) is 11.4 Å². The Hall–Kier alpha value is -4.12. The van der Waals surface area contributed by atoms with Crippen molar-refractivity contribution in [2.45, 2.75) is 26.3 Å². The lowest BCUT2D eigenvalue weighted by Gasteiger charge is -2.35. The summed E-state index contributed by atoms with van der Waals surface area (Å²) in [6.45, 7) is 4.55. The Morgan fingerprint density at radius 3 is 2.35 bits per heavy atom. The third kappa shape index (κ3) is 4.13. The minimum Gasteiger partial charge on any atom is -0.349 e. The van der Waals surface area contributed by atoms with Gasteiger partial charge in [-0.2, -0.15) is 0 Å². The monoisotopic (exact) mass is 449 g/mol. The average Bonchev–Trinajstić information content (AvgIpc) is 3.40. The van der Waals surface area contributed by atoms with Crippen molar-refractivity contribution >= 4 is 23.2 Å². The molecule has 0 saturated heterocycles. The average molecular weight is 450 g/mol. The SMILES string of the molecule is Cc1cccc(C(=O)Nc2ccc(C(=O)N3CC(n4cccc4)Cc4ccccc43)cc2)c1C. The molecule has 1 atom stereocenters. The van der Waals surface area contributed by atoms with Crippen LogP contribution in [-0.2, 0) is 6.42 Å². The van der Waals surface area contributed by atoms with Crippen LogP contribution in [-0.4, -0.2) is 22.9 Å². The molecule has 4 aromatic rings. The van der Waals surface area contributed by atoms with Crippen LogP contribution in [0.25, 0.3) is 0 Å². The highest BCUT2D eigenvalue weighted by atomic mass is 16.2. The summed E-state index contributed by atoms with van der Waals surface area (Å²) in [5.74, 6) is -0.198. The molecule has 2 heterocycles. The Balaban J connectivity index is 1.36. The van der Waals surface area contributed by atoms with Crippen LogP contribution in [0.1, 0.15) is 43.4 Å². The number of aryl methyl sites for hydroxylation is 1. The fraction of sp³-hybridized carbons (Fsp3) is 0.172. The lowest BCUT2D eigenvalue weighted by atomic mass is 9.97. The molecule has 0 spiro atoms. The van der Waals surface area contributed by atoms with Crippen LogP contribution in [0.2, 0.25) is 0 Å². The predicted octanol–water partition coefficient (Wildman–Crippen LogP) is 5.80. The van der Waals surface area contributed by atoms with Gasteiger partial charge in [0.2, 0.25) is 0 Å². The van der Waals surface area contributed by atoms with Gasteiger partial charge in [-0.05, 0) is 85.5 Å². The second-order valence-corrected chi connectivity index (χ2v) is 8.81. The first-order chi connectivity index (χ1) is 16.5. The van der Waals surface area contributed by atoms with E-state index in [0.717, 1.165) is 23.2 Å². The van der Waals surface area contributed by atoms with Crippen molar-refractivity contribution in [3.63, 3.8) is 0 Å². The van der Waals surface area contributed by atoms with Gasteiger partial charge in [-0.1, -0.05) is 30.3 Å². The number of nitrogens with zero attached hydrogens (tertiary/aromatic N) is 2. The molecule has 2 amide bonds. The van der Waals surface area contributed by atoms with Crippen LogP contribution < -0.4 is 10.2 Å². The second kappa shape index (κ2) is 9.02. The molecule has 0 radical (unpaired) electrons. The van der Waals surface area contributed by atoms with Crippen molar-refractivity contribution < 1.29 is 9.59 Å². The number of amides is 2. The van der Waals surface area contributed by atoms with E-state index >= 15 is 0 Å². The third-order valence-electron chi connectivity index (χ3n) is 6.66. The number of fused-ring (bicyclic) bond motifs is 1. The lowest BCUT2D eigenvalue weighted by molar-refractivity contribution is 0.0979. The van der Waals surface area contributed by atoms with E-state index in [1.54, 1.807) is 24.3 Å². The van der Waals surface area contributed by atoms with Gasteiger partial charge in [-0.25, -0.2) is 0 Å². The number of carbonyl (C=O) groups is 2. The van der Waals surface area contributed by atoms with Crippen molar-refractivity contribution in [2.75, 3.05) is 16.8 Å². The summed E-state index contributed by atoms with van der Waals surface area (Å²) in [5, 5.41) is 2.95. The van der Waals surface area contributed by atoms with Gasteiger partial charge in [0.1, 0.15) is 0 Å². The summed E-state index contributed by atoms with van der Waals surface area (Å²) in [6.07, 6.45) is 4.99. The summed E-state index contributed by atoms with van der Waals surface area (Å²) in [4.78, 5) is 28.2. The summed E-state index contributed by atoms with van der Waals surface area (Å²) in [7, 11) is 0. The maximum atomic E-state index is 13.5. The molecule has 5 heteroatoms. The first-order valence-electron chi connectivity index (χ1n) is 11.5. The van der Waals surface area contributed by atoms with E-state index in [4.69, 9.17) is 0 Å². The third-order valence-corrected chi connectivity index (χ3v) is 6.66. The van der Waals surface area contributed by atoms with Crippen molar-refractivity contribution in [3.05, 3.63) is 119 Å². The van der Waals surface area contributed by atoms with Gasteiger partial charge in [0.15, 0.2) is 0 Å². The Morgan fingerprint density at radius 1 is 0.853 bits per heavy atom. The summed E-state index contributed by atoms with van der Waals surface area (Å²) in [6, 6.07) is 25.1. The van der Waals surface area contributed by atoms with Gasteiger partial charge in [0.25, 0.3) is 11.8 Å². The topological polar surface area (TPSA) is 54.3 Å². The Kier molecular flexibility index (Phi) is 5.76. The standard InChI is InChI=1S/C29H27N3O2/c1-20-8-7-10-26(21(20)2)28(33)30-24-14-12-22(13-15-24)29(34)32-19-25(31-16-5-6-17-31)18-23-9-3-4-11-27(23)32/h3-17,25H,18-19H2,1-2H3,(H,30,33). The molecule has 170 valence electrons. The van der Waals surface area contributed by atoms with Crippen molar-refractivity contribution in [1.82, 2.24) is 4.57 Å². The van der Waals surface area contributed by atoms with E-state index in [1.165, 1.54) is 5.56 Å². The van der Waals surface area contributed by atoms with Gasteiger partial charge >= 0.3 is 0 Å². The van der Waals surface area contributed by atoms with Crippen molar-refractivity contribution in [3.8, 4) is 0 Å². The van der Waals surface area contributed by atoms with Gasteiger partial charge in [-0.15, -0.1) is 0 Å². The fourth-order valence-corrected chi connectivity index (χ4v) is 4.61. The van der Waals surface area contributed by atoms with Gasteiger partial charge < -0.3 is 14.8 Å². The van der Waals surface area contributed by atoms with Gasteiger partial charge in [0, 0.05) is 41.4 Å². The fourth-order valence-electron chi connectivity index (χ4n) is 4.61. The Labute approximate surface area is 199 Å². The maximum Gasteiger partial charge on any atom is 0.258 e. The number of rotatable bonds is 4. The maximum absolute atomic E-state index is 13.5. The molecule has 1 N–H and O–H groups in total. The molecule has 5 rings (SSSR count). The van der Waals surface area contributed by atoms with Crippen LogP contribution in [0, 0.1) is 13.8 Å². The number of hydrogen-bond donors (Lipinski definition) is 1. The zero-order valence-electron chi connectivity index (χ0n) is 19.4. The molecular formula is C29H27N3O2. The molecule has 0 fully saturated rings. The largest absolute Gasteiger partial charge is 0.349 e. The first-order valence-corrected chi connectivity index (χ1v) is 11.5. The number of benzene rings is 3. The molecule has 1 aromatic heterocycles. The number of para-hydroxylation sites is 1. The molecule has 5 nitrogen and oxygen atoms in total. The molecular weight excluding hydrogens is 422 g/mol. The van der Waals surface area contributed by atoms with E-state index in [1.807, 2.05) is 67.3 Å². The van der Waals surface area contributed by atoms with Crippen LogP contribution >= 0.6 is 0 Å². The van der Waals surface area contributed by atoms with E-state index in [0.29, 0.717) is 23.4 Å². The minimum atomic E-state index is -0.153.